The van der Waals surface area contributed by atoms with Crippen molar-refractivity contribution in [1.82, 2.24) is 5.32 Å². The first-order chi connectivity index (χ1) is 9.54. The summed E-state index contributed by atoms with van der Waals surface area (Å²) in [4.78, 5) is 23.8. The van der Waals surface area contributed by atoms with Crippen LogP contribution in [0.2, 0.25) is 0 Å². The molecular formula is C14H17BN2O3. The van der Waals surface area contributed by atoms with Crippen molar-refractivity contribution in [2.24, 2.45) is 0 Å². The Morgan fingerprint density at radius 2 is 2.30 bits per heavy atom. The number of esters is 1. The fourth-order valence-corrected chi connectivity index (χ4v) is 2.35. The van der Waals surface area contributed by atoms with E-state index in [1.165, 1.54) is 6.92 Å². The van der Waals surface area contributed by atoms with Crippen molar-refractivity contribution in [3.05, 3.63) is 29.8 Å². The third-order valence-corrected chi connectivity index (χ3v) is 3.22. The van der Waals surface area contributed by atoms with Gasteiger partial charge in [0.05, 0.1) is 6.54 Å². The van der Waals surface area contributed by atoms with Gasteiger partial charge in [0.1, 0.15) is 6.10 Å². The maximum absolute atomic E-state index is 11.0. The number of nitrogens with zero attached hydrogens (tertiary/aromatic N) is 1. The number of hydrogen-bond acceptors (Lipinski definition) is 4. The normalized spacial score (nSPS) is 17.9. The number of ether oxygens (including phenoxy) is 1. The Hall–Kier alpha value is -1.98. The van der Waals surface area contributed by atoms with Gasteiger partial charge >= 0.3 is 5.97 Å². The number of rotatable bonds is 4. The maximum atomic E-state index is 11.0. The lowest BCUT2D eigenvalue weighted by Crippen LogP contribution is -2.24. The van der Waals surface area contributed by atoms with Gasteiger partial charge in [-0.15, -0.1) is 0 Å². The van der Waals surface area contributed by atoms with E-state index < -0.39 is 5.81 Å². The molecule has 1 aromatic rings. The van der Waals surface area contributed by atoms with Crippen molar-refractivity contribution in [2.75, 3.05) is 18.0 Å². The van der Waals surface area contributed by atoms with Crippen LogP contribution in [0.4, 0.5) is 10.5 Å². The van der Waals surface area contributed by atoms with E-state index in [9.17, 15) is 9.59 Å². The molecule has 2 rings (SSSR count). The van der Waals surface area contributed by atoms with Crippen LogP contribution in [0.1, 0.15) is 18.9 Å². The second-order valence-corrected chi connectivity index (χ2v) is 4.85. The van der Waals surface area contributed by atoms with E-state index in [0.717, 1.165) is 24.2 Å². The zero-order chi connectivity index (χ0) is 14.5. The van der Waals surface area contributed by atoms with E-state index in [-0.39, 0.29) is 12.1 Å². The topological polar surface area (TPSA) is 58.6 Å². The lowest BCUT2D eigenvalue weighted by atomic mass is 10.1. The summed E-state index contributed by atoms with van der Waals surface area (Å²) in [5, 5.41) is 2.57. The van der Waals surface area contributed by atoms with Crippen molar-refractivity contribution in [3.63, 3.8) is 0 Å². The van der Waals surface area contributed by atoms with Gasteiger partial charge in [-0.3, -0.25) is 9.59 Å². The quantitative estimate of drug-likeness (QED) is 0.661. The molecule has 1 aromatic carbocycles. The van der Waals surface area contributed by atoms with E-state index in [0.29, 0.717) is 13.1 Å². The van der Waals surface area contributed by atoms with E-state index >= 15 is 0 Å². The zero-order valence-electron chi connectivity index (χ0n) is 11.5. The molecule has 1 amide bonds. The number of hydrogen-bond donors (Lipinski definition) is 1. The molecule has 1 saturated heterocycles. The summed E-state index contributed by atoms with van der Waals surface area (Å²) in [7, 11) is 5.06. The summed E-state index contributed by atoms with van der Waals surface area (Å²) in [6.07, 6.45) is 0.795. The van der Waals surface area contributed by atoms with Gasteiger partial charge in [0.25, 0.3) is 0 Å². The third kappa shape index (κ3) is 4.01. The Morgan fingerprint density at radius 1 is 1.50 bits per heavy atom. The highest BCUT2D eigenvalue weighted by molar-refractivity contribution is 6.57. The smallest absolute Gasteiger partial charge is 0.302 e. The third-order valence-electron chi connectivity index (χ3n) is 3.22. The van der Waals surface area contributed by atoms with Gasteiger partial charge in [0.15, 0.2) is 5.81 Å². The Labute approximate surface area is 119 Å². The minimum Gasteiger partial charge on any atom is -0.461 e. The number of benzene rings is 1. The van der Waals surface area contributed by atoms with Gasteiger partial charge in [-0.25, -0.2) is 0 Å². The van der Waals surface area contributed by atoms with Crippen molar-refractivity contribution in [2.45, 2.75) is 26.0 Å². The number of nitrogens with one attached hydrogen (secondary N) is 1. The second-order valence-electron chi connectivity index (χ2n) is 4.85. The van der Waals surface area contributed by atoms with Crippen LogP contribution in [-0.2, 0) is 16.1 Å². The Bertz CT molecular complexity index is 507. The molecule has 0 saturated carbocycles. The molecule has 0 bridgehead atoms. The molecule has 1 fully saturated rings. The van der Waals surface area contributed by atoms with Crippen LogP contribution in [0, 0.1) is 0 Å². The molecule has 5 nitrogen and oxygen atoms in total. The molecule has 0 aliphatic carbocycles. The SMILES string of the molecule is [B]C(=O)NCc1cccc(N2CC[C@@H](OC(C)=O)C2)c1. The van der Waals surface area contributed by atoms with Gasteiger partial charge < -0.3 is 15.0 Å². The average Bonchev–Trinajstić information content (AvgIpc) is 2.84. The number of carbonyl (C=O) groups excluding carboxylic acids is 2. The summed E-state index contributed by atoms with van der Waals surface area (Å²) in [6, 6.07) is 7.88. The molecule has 1 aliphatic rings. The van der Waals surface area contributed by atoms with Gasteiger partial charge in [-0.2, -0.15) is 0 Å². The second kappa shape index (κ2) is 6.46. The lowest BCUT2D eigenvalue weighted by molar-refractivity contribution is -0.145. The van der Waals surface area contributed by atoms with Gasteiger partial charge in [0, 0.05) is 32.1 Å². The summed E-state index contributed by atoms with van der Waals surface area (Å²) in [5.41, 5.74) is 2.04. The standard InChI is InChI=1S/C14H17BN2O3/c1-10(18)20-13-5-6-17(9-13)12-4-2-3-11(7-12)8-16-14(15)19/h2-4,7,13H,5-6,8-9H2,1H3,(H,16,19)/t13-/m1/s1. The van der Waals surface area contributed by atoms with Crippen molar-refractivity contribution in [1.29, 1.82) is 0 Å². The summed E-state index contributed by atoms with van der Waals surface area (Å²) in [6.45, 7) is 3.39. The molecule has 0 spiro atoms. The van der Waals surface area contributed by atoms with E-state index in [4.69, 9.17) is 12.6 Å². The van der Waals surface area contributed by atoms with Crippen molar-refractivity contribution >= 4 is 25.3 Å². The minimum absolute atomic E-state index is 0.0418. The predicted octanol–water partition coefficient (Wildman–Crippen LogP) is 1.21. The Morgan fingerprint density at radius 3 is 3.00 bits per heavy atom. The van der Waals surface area contributed by atoms with Crippen LogP contribution in [0.5, 0.6) is 0 Å². The number of carbonyl (C=O) groups is 2. The van der Waals surface area contributed by atoms with E-state index in [1.54, 1.807) is 0 Å². The molecule has 1 heterocycles. The Kier molecular flexibility index (Phi) is 4.66. The van der Waals surface area contributed by atoms with Crippen LogP contribution in [0.15, 0.2) is 24.3 Å². The molecular weight excluding hydrogens is 255 g/mol. The molecule has 2 radical (unpaired) electrons. The van der Waals surface area contributed by atoms with Gasteiger partial charge in [0.2, 0.25) is 7.85 Å². The average molecular weight is 272 g/mol. The fraction of sp³-hybridized carbons (Fsp3) is 0.429. The number of amides is 1. The largest absolute Gasteiger partial charge is 0.461 e. The summed E-state index contributed by atoms with van der Waals surface area (Å²) >= 11 is 0. The first-order valence-electron chi connectivity index (χ1n) is 6.59. The molecule has 0 aromatic heterocycles. The van der Waals surface area contributed by atoms with Crippen molar-refractivity contribution < 1.29 is 14.3 Å². The monoisotopic (exact) mass is 272 g/mol. The highest BCUT2D eigenvalue weighted by atomic mass is 16.5. The molecule has 1 N–H and O–H groups in total. The molecule has 0 unspecified atom stereocenters. The number of anilines is 1. The van der Waals surface area contributed by atoms with Crippen LogP contribution < -0.4 is 10.2 Å². The molecule has 1 atom stereocenters. The highest BCUT2D eigenvalue weighted by Gasteiger charge is 2.24. The predicted molar refractivity (Wildman–Crippen MR) is 76.8 cm³/mol. The van der Waals surface area contributed by atoms with Crippen LogP contribution in [0.3, 0.4) is 0 Å². The zero-order valence-corrected chi connectivity index (χ0v) is 11.5. The van der Waals surface area contributed by atoms with E-state index in [2.05, 4.69) is 10.2 Å². The van der Waals surface area contributed by atoms with Gasteiger partial charge in [-0.05, 0) is 17.7 Å². The van der Waals surface area contributed by atoms with Gasteiger partial charge in [-0.1, -0.05) is 12.1 Å². The molecule has 20 heavy (non-hydrogen) atoms. The van der Waals surface area contributed by atoms with Crippen molar-refractivity contribution in [3.8, 4) is 0 Å². The maximum Gasteiger partial charge on any atom is 0.302 e. The van der Waals surface area contributed by atoms with Crippen LogP contribution in [-0.4, -0.2) is 38.8 Å². The lowest BCUT2D eigenvalue weighted by Gasteiger charge is -2.19. The van der Waals surface area contributed by atoms with Crippen LogP contribution >= 0.6 is 0 Å². The van der Waals surface area contributed by atoms with Crippen LogP contribution in [0.25, 0.3) is 0 Å². The first kappa shape index (κ1) is 14.4. The summed E-state index contributed by atoms with van der Waals surface area (Å²) < 4.78 is 5.22. The Balaban J connectivity index is 1.97. The van der Waals surface area contributed by atoms with E-state index in [1.807, 2.05) is 24.3 Å². The highest BCUT2D eigenvalue weighted by Crippen LogP contribution is 2.23. The molecule has 104 valence electrons. The first-order valence-corrected chi connectivity index (χ1v) is 6.59. The fourth-order valence-electron chi connectivity index (χ4n) is 2.35. The minimum atomic E-state index is -0.536. The summed E-state index contributed by atoms with van der Waals surface area (Å²) in [5.74, 6) is -0.775. The molecule has 1 aliphatic heterocycles. The molecule has 6 heteroatoms.